The summed E-state index contributed by atoms with van der Waals surface area (Å²) in [7, 11) is -4.08. The summed E-state index contributed by atoms with van der Waals surface area (Å²) in [6.07, 6.45) is -0.312. The van der Waals surface area contributed by atoms with Gasteiger partial charge in [-0.25, -0.2) is 9.52 Å². The van der Waals surface area contributed by atoms with Gasteiger partial charge < -0.3 is 35.4 Å². The molecular weight excluding hydrogens is 484 g/mol. The topological polar surface area (TPSA) is 187 Å². The van der Waals surface area contributed by atoms with Crippen LogP contribution in [-0.4, -0.2) is 90.3 Å². The number of carbonyl (C=O) groups is 2. The molecule has 6 N–H and O–H groups in total. The molecule has 2 fully saturated rings. The van der Waals surface area contributed by atoms with Crippen LogP contribution in [0.4, 0.5) is 10.5 Å². The number of nitrogens with one attached hydrogen (secondary N) is 3. The summed E-state index contributed by atoms with van der Waals surface area (Å²) in [6, 6.07) is 5.66. The maximum atomic E-state index is 12.0. The van der Waals surface area contributed by atoms with E-state index in [4.69, 9.17) is 15.9 Å². The zero-order valence-electron chi connectivity index (χ0n) is 18.7. The molecule has 3 rings (SSSR count). The predicted molar refractivity (Wildman–Crippen MR) is 122 cm³/mol. The number of amides is 3. The molecule has 2 heterocycles. The van der Waals surface area contributed by atoms with Crippen LogP contribution in [0.15, 0.2) is 24.3 Å². The summed E-state index contributed by atoms with van der Waals surface area (Å²) >= 11 is 0. The third-order valence-electron chi connectivity index (χ3n) is 5.35. The first-order valence-corrected chi connectivity index (χ1v) is 12.3. The molecule has 1 aromatic carbocycles. The highest BCUT2D eigenvalue weighted by molar-refractivity contribution is 7.88. The summed E-state index contributed by atoms with van der Waals surface area (Å²) in [5.74, 6) is 2.00. The van der Waals surface area contributed by atoms with Crippen molar-refractivity contribution in [3.8, 4) is 18.1 Å². The molecule has 0 aliphatic carbocycles. The highest BCUT2D eigenvalue weighted by atomic mass is 32.2. The minimum Gasteiger partial charge on any atom is -0.462 e. The number of terminal acetylenes is 1. The first-order valence-electron chi connectivity index (χ1n) is 10.9. The Balaban J connectivity index is 1.56. The highest BCUT2D eigenvalue weighted by Gasteiger charge is 2.47. The van der Waals surface area contributed by atoms with Crippen LogP contribution in [0.3, 0.4) is 0 Å². The van der Waals surface area contributed by atoms with Crippen LogP contribution in [0.2, 0.25) is 0 Å². The fourth-order valence-electron chi connectivity index (χ4n) is 3.49. The molecule has 2 aliphatic heterocycles. The number of hydrogen-bond donors (Lipinski definition) is 6. The van der Waals surface area contributed by atoms with Gasteiger partial charge in [0.1, 0.15) is 30.2 Å². The van der Waals surface area contributed by atoms with Crippen molar-refractivity contribution in [2.75, 3.05) is 25.0 Å². The Hall–Kier alpha value is -2.93. The second-order valence-corrected chi connectivity index (χ2v) is 9.69. The van der Waals surface area contributed by atoms with Crippen LogP contribution in [0.5, 0.6) is 5.75 Å². The number of aliphatic hydroxyl groups is 3. The van der Waals surface area contributed by atoms with Gasteiger partial charge in [0.2, 0.25) is 12.2 Å². The Morgan fingerprint density at radius 2 is 1.91 bits per heavy atom. The van der Waals surface area contributed by atoms with Crippen molar-refractivity contribution >= 4 is 27.8 Å². The Morgan fingerprint density at radius 3 is 2.54 bits per heavy atom. The van der Waals surface area contributed by atoms with Gasteiger partial charge in [-0.15, -0.1) is 12.3 Å². The van der Waals surface area contributed by atoms with Gasteiger partial charge in [-0.3, -0.25) is 4.79 Å². The van der Waals surface area contributed by atoms with Crippen LogP contribution in [-0.2, 0) is 19.7 Å². The molecule has 0 aromatic heterocycles. The summed E-state index contributed by atoms with van der Waals surface area (Å²) in [5, 5.41) is 36.1. The highest BCUT2D eigenvalue weighted by Crippen LogP contribution is 2.26. The Bertz CT molecular complexity index is 1040. The number of aliphatic hydroxyl groups excluding tert-OH is 3. The standard InChI is InChI=1S/C21H28N4O9S/c1-2-3-4-5-10-22-21(30)23-13-6-8-14(9-7-13)33-20-19(29)18(28)17(27)15(34-20)11-25-12-16(26)24-35(25,31)32/h1,6-9,15,17-20,27-29H,3-5,10-12H2,(H,24,26)(H2,22,23,30)/t15-,17-,18+,19+,20?/m1/s1. The average molecular weight is 513 g/mol. The Morgan fingerprint density at radius 1 is 1.20 bits per heavy atom. The van der Waals surface area contributed by atoms with Crippen molar-refractivity contribution in [1.29, 1.82) is 0 Å². The minimum atomic E-state index is -4.08. The van der Waals surface area contributed by atoms with Gasteiger partial charge in [0.25, 0.3) is 0 Å². The molecule has 14 heteroatoms. The molecule has 1 unspecified atom stereocenters. The second-order valence-electron chi connectivity index (χ2n) is 8.02. The lowest BCUT2D eigenvalue weighted by Gasteiger charge is -2.40. The quantitative estimate of drug-likeness (QED) is 0.169. The molecule has 0 spiro atoms. The van der Waals surface area contributed by atoms with Crippen molar-refractivity contribution in [1.82, 2.24) is 14.3 Å². The van der Waals surface area contributed by atoms with Gasteiger partial charge in [0.15, 0.2) is 0 Å². The normalized spacial score (nSPS) is 28.1. The van der Waals surface area contributed by atoms with Gasteiger partial charge >= 0.3 is 16.2 Å². The molecule has 1 aromatic rings. The minimum absolute atomic E-state index is 0.210. The number of carbonyl (C=O) groups excluding carboxylic acids is 2. The summed E-state index contributed by atoms with van der Waals surface area (Å²) in [6.45, 7) is -0.442. The van der Waals surface area contributed by atoms with E-state index < -0.39 is 65.9 Å². The average Bonchev–Trinajstić information content (AvgIpc) is 3.07. The van der Waals surface area contributed by atoms with E-state index in [1.54, 1.807) is 16.9 Å². The molecule has 2 aliphatic rings. The number of anilines is 1. The molecule has 0 bridgehead atoms. The third kappa shape index (κ3) is 7.04. The van der Waals surface area contributed by atoms with Crippen molar-refractivity contribution < 1.29 is 42.8 Å². The van der Waals surface area contributed by atoms with Crippen LogP contribution in [0.1, 0.15) is 19.3 Å². The van der Waals surface area contributed by atoms with Crippen molar-refractivity contribution in [2.24, 2.45) is 0 Å². The number of rotatable bonds is 9. The molecule has 13 nitrogen and oxygen atoms in total. The number of hydrogen-bond acceptors (Lipinski definition) is 9. The lowest BCUT2D eigenvalue weighted by molar-refractivity contribution is -0.272. The van der Waals surface area contributed by atoms with Crippen molar-refractivity contribution in [2.45, 2.75) is 50.0 Å². The lowest BCUT2D eigenvalue weighted by atomic mass is 9.99. The molecule has 0 radical (unpaired) electrons. The van der Waals surface area contributed by atoms with E-state index in [-0.39, 0.29) is 5.75 Å². The lowest BCUT2D eigenvalue weighted by Crippen LogP contribution is -2.61. The monoisotopic (exact) mass is 512 g/mol. The first-order chi connectivity index (χ1) is 16.6. The van der Waals surface area contributed by atoms with E-state index in [1.807, 2.05) is 0 Å². The maximum Gasteiger partial charge on any atom is 0.319 e. The number of unbranched alkanes of at least 4 members (excludes halogenated alkanes) is 2. The smallest absolute Gasteiger partial charge is 0.319 e. The number of benzene rings is 1. The molecule has 3 amide bonds. The molecule has 2 saturated heterocycles. The van der Waals surface area contributed by atoms with Crippen molar-refractivity contribution in [3.63, 3.8) is 0 Å². The van der Waals surface area contributed by atoms with Gasteiger partial charge in [-0.05, 0) is 37.1 Å². The van der Waals surface area contributed by atoms with Crippen LogP contribution in [0, 0.1) is 12.3 Å². The molecular formula is C21H28N4O9S. The second kappa shape index (κ2) is 11.7. The first kappa shape index (κ1) is 26.7. The number of urea groups is 1. The zero-order valence-corrected chi connectivity index (χ0v) is 19.5. The van der Waals surface area contributed by atoms with Crippen LogP contribution >= 0.6 is 0 Å². The van der Waals surface area contributed by atoms with Gasteiger partial charge in [-0.1, -0.05) is 0 Å². The molecule has 5 atom stereocenters. The summed E-state index contributed by atoms with van der Waals surface area (Å²) in [5.41, 5.74) is 0.466. The molecule has 192 valence electrons. The maximum absolute atomic E-state index is 12.0. The SMILES string of the molecule is C#CCCCCNC(=O)Nc1ccc(OC2O[C@H](CN3CC(=O)NS3(=O)=O)[C@@H](O)[C@H](O)[C@@H]2O)cc1. The summed E-state index contributed by atoms with van der Waals surface area (Å²) in [4.78, 5) is 23.3. The number of ether oxygens (including phenoxy) is 2. The Kier molecular flexibility index (Phi) is 8.89. The van der Waals surface area contributed by atoms with Gasteiger partial charge in [0, 0.05) is 25.2 Å². The largest absolute Gasteiger partial charge is 0.462 e. The summed E-state index contributed by atoms with van der Waals surface area (Å²) < 4.78 is 37.6. The van der Waals surface area contributed by atoms with Gasteiger partial charge in [0.05, 0.1) is 6.54 Å². The zero-order chi connectivity index (χ0) is 25.6. The van der Waals surface area contributed by atoms with Crippen LogP contribution < -0.4 is 20.1 Å². The fraction of sp³-hybridized carbons (Fsp3) is 0.524. The molecule has 0 saturated carbocycles. The van der Waals surface area contributed by atoms with Crippen molar-refractivity contribution in [3.05, 3.63) is 24.3 Å². The van der Waals surface area contributed by atoms with E-state index in [0.717, 1.165) is 17.1 Å². The number of nitrogens with zero attached hydrogens (tertiary/aromatic N) is 1. The Labute approximate surface area is 202 Å². The predicted octanol–water partition coefficient (Wildman–Crippen LogP) is -1.53. The van der Waals surface area contributed by atoms with E-state index in [2.05, 4.69) is 16.6 Å². The van der Waals surface area contributed by atoms with Crippen LogP contribution in [0.25, 0.3) is 0 Å². The molecule has 35 heavy (non-hydrogen) atoms. The van der Waals surface area contributed by atoms with Gasteiger partial charge in [-0.2, -0.15) is 12.7 Å². The van der Waals surface area contributed by atoms with E-state index >= 15 is 0 Å². The third-order valence-corrected chi connectivity index (χ3v) is 6.80. The van der Waals surface area contributed by atoms with E-state index in [9.17, 15) is 33.3 Å². The van der Waals surface area contributed by atoms with E-state index in [1.165, 1.54) is 12.1 Å². The van der Waals surface area contributed by atoms with E-state index in [0.29, 0.717) is 18.7 Å². The fourth-order valence-corrected chi connectivity index (χ4v) is 4.61.